The molecule has 1 saturated heterocycles. The van der Waals surface area contributed by atoms with Crippen molar-refractivity contribution in [2.24, 2.45) is 0 Å². The van der Waals surface area contributed by atoms with E-state index in [-0.39, 0.29) is 18.4 Å². The van der Waals surface area contributed by atoms with Crippen LogP contribution in [-0.4, -0.2) is 48.1 Å². The van der Waals surface area contributed by atoms with Gasteiger partial charge in [-0.15, -0.1) is 11.3 Å². The van der Waals surface area contributed by atoms with Gasteiger partial charge in [0, 0.05) is 37.9 Å². The monoisotopic (exact) mass is 292 g/mol. The highest BCUT2D eigenvalue weighted by molar-refractivity contribution is 7.10. The van der Waals surface area contributed by atoms with Gasteiger partial charge in [0.2, 0.25) is 5.91 Å². The normalized spacial score (nSPS) is 15.1. The first kappa shape index (κ1) is 14.6. The Kier molecular flexibility index (Phi) is 5.16. The van der Waals surface area contributed by atoms with Crippen molar-refractivity contribution in [2.75, 3.05) is 26.2 Å². The molecule has 1 aliphatic heterocycles. The summed E-state index contributed by atoms with van der Waals surface area (Å²) in [4.78, 5) is 26.1. The highest BCUT2D eigenvalue weighted by Crippen LogP contribution is 2.16. The molecule has 6 heteroatoms. The Labute approximate surface area is 121 Å². The van der Waals surface area contributed by atoms with Gasteiger partial charge in [-0.05, 0) is 6.07 Å². The van der Waals surface area contributed by atoms with Crippen LogP contribution in [-0.2, 0) is 4.79 Å². The van der Waals surface area contributed by atoms with Crippen molar-refractivity contribution >= 4 is 23.2 Å². The molecular weight excluding hydrogens is 276 g/mol. The first-order chi connectivity index (χ1) is 9.70. The summed E-state index contributed by atoms with van der Waals surface area (Å²) in [6.45, 7) is 1.52. The summed E-state index contributed by atoms with van der Waals surface area (Å²) in [5.41, 5.74) is 0.609. The lowest BCUT2D eigenvalue weighted by Gasteiger charge is -2.18. The van der Waals surface area contributed by atoms with Gasteiger partial charge >= 0.3 is 0 Å². The second kappa shape index (κ2) is 7.08. The minimum absolute atomic E-state index is 0.0128. The van der Waals surface area contributed by atoms with E-state index in [0.717, 1.165) is 4.88 Å². The number of nitrogens with zero attached hydrogens (tertiary/aromatic N) is 1. The molecule has 0 bridgehead atoms. The molecule has 0 spiro atoms. The zero-order valence-electron chi connectivity index (χ0n) is 11.0. The quantitative estimate of drug-likeness (QED) is 0.777. The van der Waals surface area contributed by atoms with Crippen LogP contribution in [0.4, 0.5) is 0 Å². The molecule has 1 fully saturated rings. The largest absolute Gasteiger partial charge is 0.395 e. The number of aliphatic hydroxyl groups is 1. The van der Waals surface area contributed by atoms with Crippen molar-refractivity contribution in [3.8, 4) is 11.8 Å². The van der Waals surface area contributed by atoms with Crippen LogP contribution < -0.4 is 5.32 Å². The Morgan fingerprint density at radius 3 is 3.15 bits per heavy atom. The van der Waals surface area contributed by atoms with E-state index in [2.05, 4.69) is 17.2 Å². The second-order valence-electron chi connectivity index (χ2n) is 4.37. The lowest BCUT2D eigenvalue weighted by atomic mass is 10.2. The molecule has 106 valence electrons. The van der Waals surface area contributed by atoms with Crippen LogP contribution in [0.25, 0.3) is 0 Å². The molecule has 1 aromatic rings. The third-order valence-electron chi connectivity index (χ3n) is 2.89. The van der Waals surface area contributed by atoms with Crippen LogP contribution in [0.3, 0.4) is 0 Å². The molecule has 2 amide bonds. The number of aliphatic hydroxyl groups excluding tert-OH is 1. The lowest BCUT2D eigenvalue weighted by Crippen LogP contribution is -2.33. The van der Waals surface area contributed by atoms with Crippen molar-refractivity contribution in [1.82, 2.24) is 10.2 Å². The van der Waals surface area contributed by atoms with Gasteiger partial charge in [0.15, 0.2) is 0 Å². The molecule has 0 atom stereocenters. The molecule has 5 nitrogen and oxygen atoms in total. The lowest BCUT2D eigenvalue weighted by molar-refractivity contribution is -0.120. The van der Waals surface area contributed by atoms with Gasteiger partial charge in [0.25, 0.3) is 5.91 Å². The summed E-state index contributed by atoms with van der Waals surface area (Å²) in [6.07, 6.45) is 0.778. The fourth-order valence-corrected chi connectivity index (χ4v) is 2.62. The Hall–Kier alpha value is -1.84. The molecule has 0 saturated carbocycles. The average Bonchev–Trinajstić information content (AvgIpc) is 2.80. The van der Waals surface area contributed by atoms with Gasteiger partial charge in [-0.1, -0.05) is 11.8 Å². The number of hydrogen-bond donors (Lipinski definition) is 2. The summed E-state index contributed by atoms with van der Waals surface area (Å²) in [6, 6.07) is 1.76. The summed E-state index contributed by atoms with van der Waals surface area (Å²) >= 11 is 1.41. The molecule has 2 rings (SSSR count). The molecule has 2 heterocycles. The molecule has 0 radical (unpaired) electrons. The van der Waals surface area contributed by atoms with Crippen molar-refractivity contribution in [3.63, 3.8) is 0 Å². The van der Waals surface area contributed by atoms with E-state index in [1.807, 2.05) is 0 Å². The second-order valence-corrected chi connectivity index (χ2v) is 5.28. The third kappa shape index (κ3) is 3.83. The Bertz CT molecular complexity index is 556. The Morgan fingerprint density at radius 2 is 2.35 bits per heavy atom. The van der Waals surface area contributed by atoms with Gasteiger partial charge in [-0.2, -0.15) is 0 Å². The van der Waals surface area contributed by atoms with Crippen LogP contribution in [0.2, 0.25) is 0 Å². The Balaban J connectivity index is 2.02. The standard InChI is InChI=1S/C14H16N2O3S/c17-8-2-1-3-12-9-11(10-20-12)14(19)16-6-4-13(18)15-5-7-16/h9-10,17H,2,4-8H2,(H,15,18). The zero-order chi connectivity index (χ0) is 14.4. The molecule has 0 aliphatic carbocycles. The molecule has 20 heavy (non-hydrogen) atoms. The van der Waals surface area contributed by atoms with E-state index in [9.17, 15) is 9.59 Å². The predicted molar refractivity (Wildman–Crippen MR) is 76.4 cm³/mol. The van der Waals surface area contributed by atoms with Crippen LogP contribution in [0.15, 0.2) is 11.4 Å². The number of thiophene rings is 1. The Morgan fingerprint density at radius 1 is 1.50 bits per heavy atom. The summed E-state index contributed by atoms with van der Waals surface area (Å²) in [5, 5.41) is 13.2. The molecule has 0 unspecified atom stereocenters. The van der Waals surface area contributed by atoms with Crippen LogP contribution in [0, 0.1) is 11.8 Å². The fourth-order valence-electron chi connectivity index (χ4n) is 1.87. The number of hydrogen-bond acceptors (Lipinski definition) is 4. The number of rotatable bonds is 2. The van der Waals surface area contributed by atoms with Crippen molar-refractivity contribution in [2.45, 2.75) is 12.8 Å². The van der Waals surface area contributed by atoms with Gasteiger partial charge in [-0.3, -0.25) is 9.59 Å². The molecular formula is C14H16N2O3S. The first-order valence-electron chi connectivity index (χ1n) is 6.45. The molecule has 1 aromatic heterocycles. The van der Waals surface area contributed by atoms with Crippen LogP contribution in [0.1, 0.15) is 28.1 Å². The van der Waals surface area contributed by atoms with Crippen LogP contribution >= 0.6 is 11.3 Å². The van der Waals surface area contributed by atoms with Crippen LogP contribution in [0.5, 0.6) is 0 Å². The van der Waals surface area contributed by atoms with E-state index in [0.29, 0.717) is 38.0 Å². The smallest absolute Gasteiger partial charge is 0.254 e. The summed E-state index contributed by atoms with van der Waals surface area (Å²) < 4.78 is 0. The highest BCUT2D eigenvalue weighted by Gasteiger charge is 2.20. The van der Waals surface area contributed by atoms with E-state index >= 15 is 0 Å². The number of nitrogens with one attached hydrogen (secondary N) is 1. The maximum atomic E-state index is 12.3. The number of carbonyl (C=O) groups is 2. The predicted octanol–water partition coefficient (Wildman–Crippen LogP) is 0.444. The topological polar surface area (TPSA) is 69.6 Å². The van der Waals surface area contributed by atoms with Crippen molar-refractivity contribution < 1.29 is 14.7 Å². The van der Waals surface area contributed by atoms with Gasteiger partial charge in [-0.25, -0.2) is 0 Å². The molecule has 0 aromatic carbocycles. The zero-order valence-corrected chi connectivity index (χ0v) is 11.8. The van der Waals surface area contributed by atoms with Gasteiger partial charge < -0.3 is 15.3 Å². The van der Waals surface area contributed by atoms with Gasteiger partial charge in [0.1, 0.15) is 0 Å². The average molecular weight is 292 g/mol. The van der Waals surface area contributed by atoms with E-state index in [1.54, 1.807) is 16.3 Å². The van der Waals surface area contributed by atoms with Gasteiger partial charge in [0.05, 0.1) is 17.0 Å². The first-order valence-corrected chi connectivity index (χ1v) is 7.33. The van der Waals surface area contributed by atoms with E-state index in [1.165, 1.54) is 11.3 Å². The van der Waals surface area contributed by atoms with E-state index in [4.69, 9.17) is 5.11 Å². The highest BCUT2D eigenvalue weighted by atomic mass is 32.1. The van der Waals surface area contributed by atoms with Crippen molar-refractivity contribution in [3.05, 3.63) is 21.9 Å². The SMILES string of the molecule is O=C1CCN(C(=O)c2csc(C#CCCO)c2)CCN1. The number of carbonyl (C=O) groups excluding carboxylic acids is 2. The maximum Gasteiger partial charge on any atom is 0.254 e. The molecule has 2 N–H and O–H groups in total. The molecule has 1 aliphatic rings. The fraction of sp³-hybridized carbons (Fsp3) is 0.429. The number of amides is 2. The maximum absolute atomic E-state index is 12.3. The van der Waals surface area contributed by atoms with Crippen molar-refractivity contribution in [1.29, 1.82) is 0 Å². The summed E-state index contributed by atoms with van der Waals surface area (Å²) in [7, 11) is 0. The van der Waals surface area contributed by atoms with E-state index < -0.39 is 0 Å². The minimum Gasteiger partial charge on any atom is -0.395 e. The third-order valence-corrected chi connectivity index (χ3v) is 3.74. The summed E-state index contributed by atoms with van der Waals surface area (Å²) in [5.74, 6) is 5.67. The minimum atomic E-state index is -0.0621.